The Morgan fingerprint density at radius 1 is 1.11 bits per heavy atom. The Morgan fingerprint density at radius 3 is 2.75 bits per heavy atom. The summed E-state index contributed by atoms with van der Waals surface area (Å²) in [5, 5.41) is 4.26. The van der Waals surface area contributed by atoms with E-state index in [1.54, 1.807) is 7.11 Å². The molecule has 146 valence electrons. The Labute approximate surface area is 165 Å². The highest BCUT2D eigenvalue weighted by atomic mass is 16.5. The molecule has 0 spiro atoms. The molecule has 0 radical (unpaired) electrons. The van der Waals surface area contributed by atoms with Gasteiger partial charge in [0.25, 0.3) is 0 Å². The van der Waals surface area contributed by atoms with E-state index >= 15 is 0 Å². The Hall–Kier alpha value is -2.99. The smallest absolute Gasteiger partial charge is 0.321 e. The van der Waals surface area contributed by atoms with Crippen LogP contribution in [0.5, 0.6) is 5.75 Å². The molecular weight excluding hydrogens is 352 g/mol. The second-order valence-electron chi connectivity index (χ2n) is 7.10. The van der Waals surface area contributed by atoms with Crippen LogP contribution in [-0.2, 0) is 6.42 Å². The molecule has 2 aromatic carbocycles. The van der Waals surface area contributed by atoms with E-state index in [1.807, 2.05) is 29.2 Å². The van der Waals surface area contributed by atoms with Gasteiger partial charge in [-0.05, 0) is 30.2 Å². The maximum Gasteiger partial charge on any atom is 0.321 e. The minimum atomic E-state index is -0.0514. The minimum absolute atomic E-state index is 0.0514. The second kappa shape index (κ2) is 8.35. The molecule has 2 N–H and O–H groups in total. The Balaban J connectivity index is 1.26. The van der Waals surface area contributed by atoms with Crippen molar-refractivity contribution in [1.82, 2.24) is 14.8 Å². The quantitative estimate of drug-likeness (QED) is 0.714. The van der Waals surface area contributed by atoms with E-state index in [2.05, 4.69) is 45.7 Å². The van der Waals surface area contributed by atoms with Gasteiger partial charge in [0.2, 0.25) is 0 Å². The zero-order valence-electron chi connectivity index (χ0n) is 16.1. The van der Waals surface area contributed by atoms with Crippen molar-refractivity contribution in [1.29, 1.82) is 0 Å². The van der Waals surface area contributed by atoms with Gasteiger partial charge >= 0.3 is 6.03 Å². The first-order valence-corrected chi connectivity index (χ1v) is 9.70. The number of aromatic nitrogens is 1. The van der Waals surface area contributed by atoms with Crippen LogP contribution >= 0.6 is 0 Å². The Morgan fingerprint density at radius 2 is 1.93 bits per heavy atom. The number of methoxy groups -OCH3 is 1. The molecule has 0 unspecified atom stereocenters. The minimum Gasteiger partial charge on any atom is -0.497 e. The molecule has 6 heteroatoms. The first-order chi connectivity index (χ1) is 13.7. The molecular formula is C22H26N4O2. The molecule has 2 heterocycles. The molecule has 6 nitrogen and oxygen atoms in total. The number of H-pyrrole nitrogens is 1. The number of ether oxygens (including phenoxy) is 1. The van der Waals surface area contributed by atoms with Gasteiger partial charge in [0, 0.05) is 61.6 Å². The number of nitrogens with one attached hydrogen (secondary N) is 2. The van der Waals surface area contributed by atoms with Crippen LogP contribution in [0.4, 0.5) is 10.5 Å². The summed E-state index contributed by atoms with van der Waals surface area (Å²) in [5.41, 5.74) is 3.30. The summed E-state index contributed by atoms with van der Waals surface area (Å²) in [6, 6.07) is 15.8. The highest BCUT2D eigenvalue weighted by Crippen LogP contribution is 2.19. The molecule has 1 aliphatic rings. The Kier molecular flexibility index (Phi) is 5.48. The molecule has 1 fully saturated rings. The van der Waals surface area contributed by atoms with E-state index in [0.717, 1.165) is 50.6 Å². The van der Waals surface area contributed by atoms with Gasteiger partial charge in [-0.15, -0.1) is 0 Å². The number of anilines is 1. The summed E-state index contributed by atoms with van der Waals surface area (Å²) >= 11 is 0. The second-order valence-corrected chi connectivity index (χ2v) is 7.10. The number of hydrogen-bond acceptors (Lipinski definition) is 3. The van der Waals surface area contributed by atoms with E-state index in [4.69, 9.17) is 4.74 Å². The normalized spacial score (nSPS) is 15.0. The van der Waals surface area contributed by atoms with Crippen molar-refractivity contribution in [3.63, 3.8) is 0 Å². The van der Waals surface area contributed by atoms with Crippen LogP contribution < -0.4 is 10.1 Å². The summed E-state index contributed by atoms with van der Waals surface area (Å²) in [5.74, 6) is 0.736. The molecule has 28 heavy (non-hydrogen) atoms. The maximum atomic E-state index is 12.5. The summed E-state index contributed by atoms with van der Waals surface area (Å²) in [6.07, 6.45) is 3.13. The molecule has 1 aromatic heterocycles. The zero-order valence-corrected chi connectivity index (χ0v) is 16.1. The van der Waals surface area contributed by atoms with Gasteiger partial charge in [0.1, 0.15) is 5.75 Å². The number of nitrogens with zero attached hydrogens (tertiary/aromatic N) is 2. The first kappa shape index (κ1) is 18.4. The van der Waals surface area contributed by atoms with Crippen LogP contribution in [-0.4, -0.2) is 60.6 Å². The van der Waals surface area contributed by atoms with Crippen LogP contribution in [0.3, 0.4) is 0 Å². The van der Waals surface area contributed by atoms with E-state index in [0.29, 0.717) is 0 Å². The highest BCUT2D eigenvalue weighted by molar-refractivity contribution is 5.89. The van der Waals surface area contributed by atoms with Crippen LogP contribution in [0, 0.1) is 0 Å². The lowest BCUT2D eigenvalue weighted by atomic mass is 10.1. The third-order valence-electron chi connectivity index (χ3n) is 5.35. The molecule has 0 bridgehead atoms. The van der Waals surface area contributed by atoms with Gasteiger partial charge in [-0.25, -0.2) is 4.79 Å². The molecule has 0 atom stereocenters. The average molecular weight is 378 g/mol. The van der Waals surface area contributed by atoms with E-state index < -0.39 is 0 Å². The first-order valence-electron chi connectivity index (χ1n) is 9.70. The fraction of sp³-hybridized carbons (Fsp3) is 0.318. The molecule has 1 saturated heterocycles. The van der Waals surface area contributed by atoms with Crippen molar-refractivity contribution in [2.24, 2.45) is 0 Å². The van der Waals surface area contributed by atoms with Gasteiger partial charge in [0.15, 0.2) is 0 Å². The molecule has 4 rings (SSSR count). The Bertz CT molecular complexity index is 944. The molecule has 1 aliphatic heterocycles. The third-order valence-corrected chi connectivity index (χ3v) is 5.35. The lowest BCUT2D eigenvalue weighted by Crippen LogP contribution is -2.50. The van der Waals surface area contributed by atoms with Crippen LogP contribution in [0.1, 0.15) is 5.56 Å². The van der Waals surface area contributed by atoms with Gasteiger partial charge < -0.3 is 19.9 Å². The van der Waals surface area contributed by atoms with Gasteiger partial charge in [0.05, 0.1) is 7.11 Å². The van der Waals surface area contributed by atoms with Gasteiger partial charge in [-0.1, -0.05) is 24.3 Å². The monoisotopic (exact) mass is 378 g/mol. The van der Waals surface area contributed by atoms with Crippen molar-refractivity contribution in [3.05, 3.63) is 60.3 Å². The number of rotatable bonds is 5. The van der Waals surface area contributed by atoms with Crippen molar-refractivity contribution < 1.29 is 9.53 Å². The number of benzene rings is 2. The standard InChI is InChI=1S/C22H26N4O2/c1-28-19-6-4-5-18(15-19)24-22(27)26-13-11-25(12-14-26)10-9-17-16-23-21-8-3-2-7-20(17)21/h2-8,15-16,23H,9-14H2,1H3,(H,24,27). The number of carbonyl (C=O) groups is 1. The fourth-order valence-corrected chi connectivity index (χ4v) is 3.69. The fourth-order valence-electron chi connectivity index (χ4n) is 3.69. The third kappa shape index (κ3) is 4.12. The average Bonchev–Trinajstić information content (AvgIpc) is 3.16. The van der Waals surface area contributed by atoms with E-state index in [9.17, 15) is 4.79 Å². The number of carbonyl (C=O) groups excluding carboxylic acids is 1. The SMILES string of the molecule is COc1cccc(NC(=O)N2CCN(CCc3c[nH]c4ccccc34)CC2)c1. The largest absolute Gasteiger partial charge is 0.497 e. The van der Waals surface area contributed by atoms with Crippen molar-refractivity contribution in [2.45, 2.75) is 6.42 Å². The molecule has 0 aliphatic carbocycles. The number of urea groups is 1. The predicted octanol–water partition coefficient (Wildman–Crippen LogP) is 3.57. The number of hydrogen-bond donors (Lipinski definition) is 2. The van der Waals surface area contributed by atoms with Crippen molar-refractivity contribution in [3.8, 4) is 5.75 Å². The predicted molar refractivity (Wildman–Crippen MR) is 112 cm³/mol. The number of fused-ring (bicyclic) bond motifs is 1. The molecule has 0 saturated carbocycles. The number of piperazine rings is 1. The highest BCUT2D eigenvalue weighted by Gasteiger charge is 2.21. The lowest BCUT2D eigenvalue weighted by Gasteiger charge is -2.34. The van der Waals surface area contributed by atoms with Gasteiger partial charge in [-0.3, -0.25) is 4.90 Å². The number of aromatic amines is 1. The maximum absolute atomic E-state index is 12.5. The van der Waals surface area contributed by atoms with Gasteiger partial charge in [-0.2, -0.15) is 0 Å². The van der Waals surface area contributed by atoms with Crippen LogP contribution in [0.25, 0.3) is 10.9 Å². The van der Waals surface area contributed by atoms with Crippen LogP contribution in [0.15, 0.2) is 54.7 Å². The molecule has 2 amide bonds. The molecule has 3 aromatic rings. The zero-order chi connectivity index (χ0) is 19.3. The van der Waals surface area contributed by atoms with E-state index in [-0.39, 0.29) is 6.03 Å². The summed E-state index contributed by atoms with van der Waals surface area (Å²) in [7, 11) is 1.62. The van der Waals surface area contributed by atoms with Crippen LogP contribution in [0.2, 0.25) is 0 Å². The topological polar surface area (TPSA) is 60.6 Å². The van der Waals surface area contributed by atoms with Crippen molar-refractivity contribution in [2.75, 3.05) is 45.2 Å². The summed E-state index contributed by atoms with van der Waals surface area (Å²) in [6.45, 7) is 4.28. The summed E-state index contributed by atoms with van der Waals surface area (Å²) in [4.78, 5) is 20.2. The summed E-state index contributed by atoms with van der Waals surface area (Å²) < 4.78 is 5.21. The number of para-hydroxylation sites is 1. The van der Waals surface area contributed by atoms with E-state index in [1.165, 1.54) is 16.5 Å². The lowest BCUT2D eigenvalue weighted by molar-refractivity contribution is 0.148. The van der Waals surface area contributed by atoms with Crippen molar-refractivity contribution >= 4 is 22.6 Å². The number of amides is 2.